The number of benzene rings is 1. The van der Waals surface area contributed by atoms with Gasteiger partial charge >= 0.3 is 0 Å². The summed E-state index contributed by atoms with van der Waals surface area (Å²) in [6.07, 6.45) is 0.630. The molecule has 1 aromatic carbocycles. The van der Waals surface area contributed by atoms with Gasteiger partial charge in [-0.2, -0.15) is 0 Å². The number of aryl methyl sites for hydroxylation is 1. The van der Waals surface area contributed by atoms with Gasteiger partial charge in [0.2, 0.25) is 0 Å². The minimum absolute atomic E-state index is 0.0393. The van der Waals surface area contributed by atoms with Crippen LogP contribution in [0, 0.1) is 6.92 Å². The minimum Gasteiger partial charge on any atom is -0.388 e. The Morgan fingerprint density at radius 1 is 1.53 bits per heavy atom. The summed E-state index contributed by atoms with van der Waals surface area (Å²) in [7, 11) is 0. The third-order valence-electron chi connectivity index (χ3n) is 3.14. The first-order valence-corrected chi connectivity index (χ1v) is 6.05. The standard InChI is InChI=1S/C13H16ClNO2/c1-9-7-10(3-4-11(9)14)12(16)15-6-5-13(2,17)8-15/h3-4,7,17H,5-6,8H2,1-2H3. The summed E-state index contributed by atoms with van der Waals surface area (Å²) < 4.78 is 0. The Bertz CT molecular complexity index is 457. The van der Waals surface area contributed by atoms with Gasteiger partial charge in [0.1, 0.15) is 0 Å². The number of hydrogen-bond donors (Lipinski definition) is 1. The molecule has 1 saturated heterocycles. The van der Waals surface area contributed by atoms with Crippen LogP contribution >= 0.6 is 11.6 Å². The fourth-order valence-corrected chi connectivity index (χ4v) is 2.20. The minimum atomic E-state index is -0.753. The summed E-state index contributed by atoms with van der Waals surface area (Å²) in [4.78, 5) is 13.9. The van der Waals surface area contributed by atoms with Crippen LogP contribution < -0.4 is 0 Å². The van der Waals surface area contributed by atoms with E-state index in [2.05, 4.69) is 0 Å². The molecule has 0 aliphatic carbocycles. The molecule has 1 N–H and O–H groups in total. The van der Waals surface area contributed by atoms with Crippen LogP contribution in [0.5, 0.6) is 0 Å². The Morgan fingerprint density at radius 2 is 2.24 bits per heavy atom. The molecule has 1 unspecified atom stereocenters. The number of amides is 1. The molecule has 0 radical (unpaired) electrons. The van der Waals surface area contributed by atoms with Crippen LogP contribution in [0.15, 0.2) is 18.2 Å². The summed E-state index contributed by atoms with van der Waals surface area (Å²) in [6.45, 7) is 4.63. The topological polar surface area (TPSA) is 40.5 Å². The maximum Gasteiger partial charge on any atom is 0.253 e. The third-order valence-corrected chi connectivity index (χ3v) is 3.57. The normalized spacial score (nSPS) is 24.1. The number of carbonyl (C=O) groups is 1. The third kappa shape index (κ3) is 2.61. The SMILES string of the molecule is Cc1cc(C(=O)N2CCC(C)(O)C2)ccc1Cl. The van der Waals surface area contributed by atoms with E-state index in [1.165, 1.54) is 0 Å². The molecule has 92 valence electrons. The number of nitrogens with zero attached hydrogens (tertiary/aromatic N) is 1. The molecule has 4 heteroatoms. The fourth-order valence-electron chi connectivity index (χ4n) is 2.08. The van der Waals surface area contributed by atoms with E-state index < -0.39 is 5.60 Å². The molecule has 2 rings (SSSR count). The molecule has 17 heavy (non-hydrogen) atoms. The average molecular weight is 254 g/mol. The molecule has 0 spiro atoms. The Labute approximate surface area is 106 Å². The molecule has 1 atom stereocenters. The van der Waals surface area contributed by atoms with Crippen molar-refractivity contribution < 1.29 is 9.90 Å². The number of aliphatic hydroxyl groups is 1. The van der Waals surface area contributed by atoms with Gasteiger partial charge in [0, 0.05) is 23.7 Å². The molecule has 1 aliphatic rings. The van der Waals surface area contributed by atoms with Gasteiger partial charge in [-0.1, -0.05) is 11.6 Å². The van der Waals surface area contributed by atoms with Crippen LogP contribution in [0.1, 0.15) is 29.3 Å². The van der Waals surface area contributed by atoms with E-state index in [1.54, 1.807) is 30.0 Å². The van der Waals surface area contributed by atoms with Crippen molar-refractivity contribution in [2.75, 3.05) is 13.1 Å². The predicted octanol–water partition coefficient (Wildman–Crippen LogP) is 2.25. The Kier molecular flexibility index (Phi) is 3.15. The highest BCUT2D eigenvalue weighted by Gasteiger charge is 2.34. The van der Waals surface area contributed by atoms with Gasteiger partial charge in [-0.15, -0.1) is 0 Å². The van der Waals surface area contributed by atoms with Crippen molar-refractivity contribution in [3.63, 3.8) is 0 Å². The largest absolute Gasteiger partial charge is 0.388 e. The predicted molar refractivity (Wildman–Crippen MR) is 67.3 cm³/mol. The highest BCUT2D eigenvalue weighted by molar-refractivity contribution is 6.31. The second-order valence-corrected chi connectivity index (χ2v) is 5.34. The van der Waals surface area contributed by atoms with Crippen LogP contribution in [0.2, 0.25) is 5.02 Å². The Hall–Kier alpha value is -1.06. The van der Waals surface area contributed by atoms with Gasteiger partial charge in [0.25, 0.3) is 5.91 Å². The van der Waals surface area contributed by atoms with Crippen LogP contribution in [0.3, 0.4) is 0 Å². The van der Waals surface area contributed by atoms with E-state index in [0.717, 1.165) is 5.56 Å². The molecule has 1 amide bonds. The van der Waals surface area contributed by atoms with Crippen molar-refractivity contribution in [3.05, 3.63) is 34.3 Å². The highest BCUT2D eigenvalue weighted by Crippen LogP contribution is 2.23. The van der Waals surface area contributed by atoms with Gasteiger partial charge in [-0.05, 0) is 44.0 Å². The van der Waals surface area contributed by atoms with Crippen LogP contribution in [-0.2, 0) is 0 Å². The van der Waals surface area contributed by atoms with E-state index in [9.17, 15) is 9.90 Å². The summed E-state index contributed by atoms with van der Waals surface area (Å²) in [5.41, 5.74) is 0.769. The molecule has 0 aromatic heterocycles. The first-order valence-electron chi connectivity index (χ1n) is 5.67. The number of β-amino-alcohol motifs (C(OH)–C–C–N with tert-alkyl or cyclic N) is 1. The summed E-state index contributed by atoms with van der Waals surface area (Å²) in [5, 5.41) is 10.5. The van der Waals surface area contributed by atoms with Crippen molar-refractivity contribution in [1.82, 2.24) is 4.90 Å². The van der Waals surface area contributed by atoms with E-state index in [0.29, 0.717) is 30.1 Å². The summed E-state index contributed by atoms with van der Waals surface area (Å²) in [6, 6.07) is 5.25. The molecule has 0 saturated carbocycles. The van der Waals surface area contributed by atoms with Crippen LogP contribution in [0.25, 0.3) is 0 Å². The van der Waals surface area contributed by atoms with Crippen LogP contribution in [-0.4, -0.2) is 34.6 Å². The zero-order chi connectivity index (χ0) is 12.6. The van der Waals surface area contributed by atoms with Crippen molar-refractivity contribution in [2.45, 2.75) is 25.9 Å². The fraction of sp³-hybridized carbons (Fsp3) is 0.462. The maximum absolute atomic E-state index is 12.2. The second kappa shape index (κ2) is 4.31. The van der Waals surface area contributed by atoms with E-state index in [4.69, 9.17) is 11.6 Å². The molecular formula is C13H16ClNO2. The van der Waals surface area contributed by atoms with E-state index >= 15 is 0 Å². The maximum atomic E-state index is 12.2. The Morgan fingerprint density at radius 3 is 2.76 bits per heavy atom. The van der Waals surface area contributed by atoms with Gasteiger partial charge in [0.05, 0.1) is 5.60 Å². The number of rotatable bonds is 1. The zero-order valence-corrected chi connectivity index (χ0v) is 10.8. The quantitative estimate of drug-likeness (QED) is 0.834. The number of carbonyl (C=O) groups excluding carboxylic acids is 1. The first kappa shape index (κ1) is 12.4. The molecule has 0 bridgehead atoms. The zero-order valence-electron chi connectivity index (χ0n) is 10.0. The monoisotopic (exact) mass is 253 g/mol. The Balaban J connectivity index is 2.18. The van der Waals surface area contributed by atoms with E-state index in [1.807, 2.05) is 6.92 Å². The smallest absolute Gasteiger partial charge is 0.253 e. The van der Waals surface area contributed by atoms with E-state index in [-0.39, 0.29) is 5.91 Å². The van der Waals surface area contributed by atoms with Crippen molar-refractivity contribution in [3.8, 4) is 0 Å². The van der Waals surface area contributed by atoms with Gasteiger partial charge < -0.3 is 10.0 Å². The molecular weight excluding hydrogens is 238 g/mol. The number of hydrogen-bond acceptors (Lipinski definition) is 2. The summed E-state index contributed by atoms with van der Waals surface area (Å²) in [5.74, 6) is -0.0393. The first-order chi connectivity index (χ1) is 7.89. The lowest BCUT2D eigenvalue weighted by Gasteiger charge is -2.19. The summed E-state index contributed by atoms with van der Waals surface area (Å²) >= 11 is 5.93. The number of halogens is 1. The molecule has 3 nitrogen and oxygen atoms in total. The average Bonchev–Trinajstić information content (AvgIpc) is 2.62. The highest BCUT2D eigenvalue weighted by atomic mass is 35.5. The van der Waals surface area contributed by atoms with Crippen molar-refractivity contribution >= 4 is 17.5 Å². The van der Waals surface area contributed by atoms with Crippen molar-refractivity contribution in [2.24, 2.45) is 0 Å². The molecule has 1 aromatic rings. The number of likely N-dealkylation sites (tertiary alicyclic amines) is 1. The molecule has 1 fully saturated rings. The van der Waals surface area contributed by atoms with Crippen LogP contribution in [0.4, 0.5) is 0 Å². The van der Waals surface area contributed by atoms with Gasteiger partial charge in [-0.3, -0.25) is 4.79 Å². The second-order valence-electron chi connectivity index (χ2n) is 4.94. The van der Waals surface area contributed by atoms with Gasteiger partial charge in [-0.25, -0.2) is 0 Å². The lowest BCUT2D eigenvalue weighted by molar-refractivity contribution is 0.0572. The molecule has 1 heterocycles. The van der Waals surface area contributed by atoms with Crippen molar-refractivity contribution in [1.29, 1.82) is 0 Å². The lowest BCUT2D eigenvalue weighted by Crippen LogP contribution is -2.33. The molecule has 1 aliphatic heterocycles. The van der Waals surface area contributed by atoms with Gasteiger partial charge in [0.15, 0.2) is 0 Å². The lowest BCUT2D eigenvalue weighted by atomic mass is 10.1.